The minimum absolute atomic E-state index is 0.582. The van der Waals surface area contributed by atoms with Crippen molar-refractivity contribution >= 4 is 40.0 Å². The molecule has 1 aromatic carbocycles. The molecule has 0 aliphatic heterocycles. The number of thiazole rings is 1. The molecule has 0 aliphatic carbocycles. The van der Waals surface area contributed by atoms with E-state index >= 15 is 0 Å². The number of nitrogens with zero attached hydrogens (tertiary/aromatic N) is 1. The maximum absolute atomic E-state index is 10.5. The second-order valence-corrected chi connectivity index (χ2v) is 4.90. The lowest BCUT2D eigenvalue weighted by molar-refractivity contribution is 0.111. The summed E-state index contributed by atoms with van der Waals surface area (Å²) in [5, 5.41) is 0.957. The number of fused-ring (bicyclic) bond motifs is 1. The Morgan fingerprint density at radius 3 is 2.67 bits per heavy atom. The van der Waals surface area contributed by atoms with E-state index in [0.717, 1.165) is 22.5 Å². The molecule has 88 valence electrons. The number of rotatable bonds is 3. The zero-order valence-corrected chi connectivity index (χ0v) is 10.3. The Kier molecular flexibility index (Phi) is 2.78. The van der Waals surface area contributed by atoms with Gasteiger partial charge in [-0.2, -0.15) is 0 Å². The van der Waals surface area contributed by atoms with Crippen molar-refractivity contribution in [3.63, 3.8) is 0 Å². The lowest BCUT2D eigenvalue weighted by Crippen LogP contribution is -1.77. The molecule has 1 N–H and O–H groups in total. The molecular formula is C14H10N2OS. The highest BCUT2D eigenvalue weighted by molar-refractivity contribution is 7.19. The van der Waals surface area contributed by atoms with Gasteiger partial charge in [0.25, 0.3) is 0 Å². The van der Waals surface area contributed by atoms with E-state index in [9.17, 15) is 4.79 Å². The lowest BCUT2D eigenvalue weighted by atomic mass is 10.3. The van der Waals surface area contributed by atoms with Gasteiger partial charge >= 0.3 is 0 Å². The van der Waals surface area contributed by atoms with Crippen molar-refractivity contribution in [3.05, 3.63) is 52.8 Å². The van der Waals surface area contributed by atoms with E-state index in [1.54, 1.807) is 17.4 Å². The molecule has 0 atom stereocenters. The number of H-pyrrole nitrogens is 1. The van der Waals surface area contributed by atoms with E-state index in [-0.39, 0.29) is 0 Å². The summed E-state index contributed by atoms with van der Waals surface area (Å²) in [6.45, 7) is 0. The molecule has 0 spiro atoms. The van der Waals surface area contributed by atoms with Gasteiger partial charge in [0, 0.05) is 5.69 Å². The van der Waals surface area contributed by atoms with Crippen LogP contribution in [0.5, 0.6) is 0 Å². The quantitative estimate of drug-likeness (QED) is 0.726. The standard InChI is InChI=1S/C14H10N2OS/c17-9-11-6-5-10(15-11)7-8-14-16-12-3-1-2-4-13(12)18-14/h1-9,15H/b8-7+. The maximum Gasteiger partial charge on any atom is 0.166 e. The first-order valence-electron chi connectivity index (χ1n) is 5.53. The number of hydrogen-bond acceptors (Lipinski definition) is 3. The molecule has 0 saturated heterocycles. The van der Waals surface area contributed by atoms with Gasteiger partial charge in [-0.15, -0.1) is 11.3 Å². The summed E-state index contributed by atoms with van der Waals surface area (Å²) in [6, 6.07) is 11.7. The van der Waals surface area contributed by atoms with Gasteiger partial charge in [0.05, 0.1) is 15.9 Å². The van der Waals surface area contributed by atoms with E-state index in [0.29, 0.717) is 5.69 Å². The number of hydrogen-bond donors (Lipinski definition) is 1. The molecule has 3 aromatic rings. The molecule has 2 heterocycles. The van der Waals surface area contributed by atoms with Crippen molar-refractivity contribution in [3.8, 4) is 0 Å². The van der Waals surface area contributed by atoms with Crippen LogP contribution in [0.1, 0.15) is 21.2 Å². The van der Waals surface area contributed by atoms with E-state index in [1.807, 2.05) is 36.4 Å². The molecule has 0 amide bonds. The Balaban J connectivity index is 1.89. The molecular weight excluding hydrogens is 244 g/mol. The van der Waals surface area contributed by atoms with Gasteiger partial charge in [-0.25, -0.2) is 4.98 Å². The van der Waals surface area contributed by atoms with E-state index in [4.69, 9.17) is 0 Å². The Bertz CT molecular complexity index is 691. The molecule has 0 aliphatic rings. The predicted molar refractivity (Wildman–Crippen MR) is 74.7 cm³/mol. The Morgan fingerprint density at radius 1 is 1.06 bits per heavy atom. The van der Waals surface area contributed by atoms with Crippen LogP contribution in [0.3, 0.4) is 0 Å². The largest absolute Gasteiger partial charge is 0.353 e. The number of aromatic amines is 1. The van der Waals surface area contributed by atoms with Crippen LogP contribution in [-0.2, 0) is 0 Å². The summed E-state index contributed by atoms with van der Waals surface area (Å²) in [5.74, 6) is 0. The number of para-hydroxylation sites is 1. The average molecular weight is 254 g/mol. The molecule has 3 nitrogen and oxygen atoms in total. The normalized spacial score (nSPS) is 11.3. The third kappa shape index (κ3) is 2.10. The summed E-state index contributed by atoms with van der Waals surface area (Å²) < 4.78 is 1.18. The zero-order valence-electron chi connectivity index (χ0n) is 9.46. The minimum atomic E-state index is 0.582. The Labute approximate surface area is 108 Å². The van der Waals surface area contributed by atoms with Crippen molar-refractivity contribution in [1.82, 2.24) is 9.97 Å². The van der Waals surface area contributed by atoms with Crippen LogP contribution in [0, 0.1) is 0 Å². The van der Waals surface area contributed by atoms with Gasteiger partial charge < -0.3 is 4.98 Å². The third-order valence-electron chi connectivity index (χ3n) is 2.57. The molecule has 0 radical (unpaired) electrons. The van der Waals surface area contributed by atoms with Crippen LogP contribution in [0.15, 0.2) is 36.4 Å². The fourth-order valence-corrected chi connectivity index (χ4v) is 2.59. The summed E-state index contributed by atoms with van der Waals surface area (Å²) >= 11 is 1.65. The van der Waals surface area contributed by atoms with Crippen LogP contribution in [0.2, 0.25) is 0 Å². The van der Waals surface area contributed by atoms with Gasteiger partial charge in [-0.3, -0.25) is 4.79 Å². The summed E-state index contributed by atoms with van der Waals surface area (Å²) in [7, 11) is 0. The summed E-state index contributed by atoms with van der Waals surface area (Å²) in [6.07, 6.45) is 4.67. The number of carbonyl (C=O) groups is 1. The molecule has 0 saturated carbocycles. The zero-order chi connectivity index (χ0) is 12.4. The van der Waals surface area contributed by atoms with Gasteiger partial charge in [0.15, 0.2) is 6.29 Å². The van der Waals surface area contributed by atoms with E-state index in [2.05, 4.69) is 16.0 Å². The smallest absolute Gasteiger partial charge is 0.166 e. The van der Waals surface area contributed by atoms with E-state index in [1.165, 1.54) is 4.70 Å². The van der Waals surface area contributed by atoms with Crippen LogP contribution in [0.4, 0.5) is 0 Å². The lowest BCUT2D eigenvalue weighted by Gasteiger charge is -1.84. The summed E-state index contributed by atoms with van der Waals surface area (Å²) in [5.41, 5.74) is 2.50. The average Bonchev–Trinajstić information content (AvgIpc) is 3.02. The number of carbonyl (C=O) groups excluding carboxylic acids is 1. The summed E-state index contributed by atoms with van der Waals surface area (Å²) in [4.78, 5) is 18.0. The van der Waals surface area contributed by atoms with Crippen LogP contribution < -0.4 is 0 Å². The number of aldehydes is 1. The van der Waals surface area contributed by atoms with Crippen molar-refractivity contribution in [2.45, 2.75) is 0 Å². The number of benzene rings is 1. The number of nitrogens with one attached hydrogen (secondary N) is 1. The molecule has 0 fully saturated rings. The van der Waals surface area contributed by atoms with Gasteiger partial charge in [0.2, 0.25) is 0 Å². The van der Waals surface area contributed by atoms with E-state index < -0.39 is 0 Å². The fraction of sp³-hybridized carbons (Fsp3) is 0. The molecule has 3 rings (SSSR count). The highest BCUT2D eigenvalue weighted by Crippen LogP contribution is 2.22. The first kappa shape index (κ1) is 10.9. The van der Waals surface area contributed by atoms with Gasteiger partial charge in [-0.05, 0) is 36.4 Å². The fourth-order valence-electron chi connectivity index (χ4n) is 1.72. The van der Waals surface area contributed by atoms with Crippen LogP contribution in [0.25, 0.3) is 22.4 Å². The minimum Gasteiger partial charge on any atom is -0.353 e. The third-order valence-corrected chi connectivity index (χ3v) is 3.58. The monoisotopic (exact) mass is 254 g/mol. The SMILES string of the molecule is O=Cc1ccc(/C=C/c2nc3ccccc3s2)[nH]1. The molecule has 18 heavy (non-hydrogen) atoms. The molecule has 4 heteroatoms. The highest BCUT2D eigenvalue weighted by Gasteiger charge is 1.99. The van der Waals surface area contributed by atoms with Crippen molar-refractivity contribution in [2.24, 2.45) is 0 Å². The predicted octanol–water partition coefficient (Wildman–Crippen LogP) is 3.61. The highest BCUT2D eigenvalue weighted by atomic mass is 32.1. The molecule has 0 unspecified atom stereocenters. The topological polar surface area (TPSA) is 45.8 Å². The first-order valence-corrected chi connectivity index (χ1v) is 6.35. The van der Waals surface area contributed by atoms with Crippen LogP contribution >= 0.6 is 11.3 Å². The van der Waals surface area contributed by atoms with Crippen molar-refractivity contribution in [2.75, 3.05) is 0 Å². The molecule has 0 bridgehead atoms. The van der Waals surface area contributed by atoms with Crippen molar-refractivity contribution < 1.29 is 4.79 Å². The first-order chi connectivity index (χ1) is 8.85. The maximum atomic E-state index is 10.5. The Morgan fingerprint density at radius 2 is 1.89 bits per heavy atom. The molecule has 2 aromatic heterocycles. The Hall–Kier alpha value is -2.20. The second-order valence-electron chi connectivity index (χ2n) is 3.84. The number of aromatic nitrogens is 2. The van der Waals surface area contributed by atoms with Crippen molar-refractivity contribution in [1.29, 1.82) is 0 Å². The van der Waals surface area contributed by atoms with Gasteiger partial charge in [0.1, 0.15) is 5.01 Å². The van der Waals surface area contributed by atoms with Gasteiger partial charge in [-0.1, -0.05) is 12.1 Å². The van der Waals surface area contributed by atoms with Crippen LogP contribution in [-0.4, -0.2) is 16.3 Å². The second kappa shape index (κ2) is 4.58.